The Hall–Kier alpha value is -3.56. The number of urea groups is 1. The van der Waals surface area contributed by atoms with E-state index in [9.17, 15) is 27.6 Å². The molecule has 2 aliphatic rings. The molecule has 4 amide bonds. The summed E-state index contributed by atoms with van der Waals surface area (Å²) in [5.41, 5.74) is 0.927. The van der Waals surface area contributed by atoms with Gasteiger partial charge in [0.1, 0.15) is 12.2 Å². The van der Waals surface area contributed by atoms with Crippen molar-refractivity contribution < 1.29 is 27.6 Å². The lowest BCUT2D eigenvalue weighted by atomic mass is 10.0. The van der Waals surface area contributed by atoms with Crippen molar-refractivity contribution in [2.75, 3.05) is 13.1 Å². The fourth-order valence-corrected chi connectivity index (χ4v) is 4.73. The molecule has 2 atom stereocenters. The molecule has 2 saturated heterocycles. The van der Waals surface area contributed by atoms with E-state index in [1.165, 1.54) is 9.80 Å². The van der Waals surface area contributed by atoms with Crippen LogP contribution >= 0.6 is 0 Å². The third-order valence-electron chi connectivity index (χ3n) is 6.39. The van der Waals surface area contributed by atoms with Crippen molar-refractivity contribution in [1.82, 2.24) is 20.0 Å². The van der Waals surface area contributed by atoms with Crippen LogP contribution < -0.4 is 5.32 Å². The first kappa shape index (κ1) is 24.6. The Labute approximate surface area is 201 Å². The van der Waals surface area contributed by atoms with Crippen LogP contribution in [0.15, 0.2) is 48.5 Å². The molecular formula is C25H27F3N4O3. The van der Waals surface area contributed by atoms with Crippen molar-refractivity contribution in [3.63, 3.8) is 0 Å². The summed E-state index contributed by atoms with van der Waals surface area (Å²) in [7, 11) is 0. The van der Waals surface area contributed by atoms with E-state index in [0.717, 1.165) is 17.7 Å². The van der Waals surface area contributed by atoms with E-state index in [-0.39, 0.29) is 37.9 Å². The lowest BCUT2D eigenvalue weighted by Crippen LogP contribution is -2.71. The van der Waals surface area contributed by atoms with Crippen molar-refractivity contribution in [2.24, 2.45) is 0 Å². The van der Waals surface area contributed by atoms with Crippen LogP contribution in [0.3, 0.4) is 0 Å². The molecule has 0 saturated carbocycles. The predicted molar refractivity (Wildman–Crippen MR) is 122 cm³/mol. The topological polar surface area (TPSA) is 73.0 Å². The maximum Gasteiger partial charge on any atom is 0.416 e. The molecular weight excluding hydrogens is 461 g/mol. The summed E-state index contributed by atoms with van der Waals surface area (Å²) in [5, 5.41) is 2.69. The van der Waals surface area contributed by atoms with Crippen LogP contribution in [0.1, 0.15) is 35.6 Å². The highest BCUT2D eigenvalue weighted by Gasteiger charge is 2.47. The number of carbonyl (C=O) groups is 3. The zero-order chi connectivity index (χ0) is 25.3. The molecule has 0 aromatic heterocycles. The first-order valence-corrected chi connectivity index (χ1v) is 11.4. The van der Waals surface area contributed by atoms with Crippen LogP contribution in [-0.2, 0) is 28.9 Å². The highest BCUT2D eigenvalue weighted by atomic mass is 19.4. The molecule has 0 spiro atoms. The number of hydrogen-bond acceptors (Lipinski definition) is 3. The minimum Gasteiger partial charge on any atom is -0.334 e. The average molecular weight is 489 g/mol. The second kappa shape index (κ2) is 9.59. The molecule has 2 aliphatic heterocycles. The highest BCUT2D eigenvalue weighted by Crippen LogP contribution is 2.31. The summed E-state index contributed by atoms with van der Waals surface area (Å²) in [5.74, 6) is -0.395. The van der Waals surface area contributed by atoms with Crippen LogP contribution in [0.4, 0.5) is 18.0 Å². The molecule has 7 nitrogen and oxygen atoms in total. The molecule has 2 fully saturated rings. The number of aryl methyl sites for hydroxylation is 1. The number of rotatable bonds is 4. The second-order valence-corrected chi connectivity index (χ2v) is 8.97. The molecule has 1 N–H and O–H groups in total. The fourth-order valence-electron chi connectivity index (χ4n) is 4.73. The number of alkyl halides is 3. The minimum absolute atomic E-state index is 0.0723. The standard InChI is InChI=1S/C25H27F3N4O3/c1-16-10-19(12-20(11-16)25(26,27)28)13-29-24(35)31-9-8-22(33)32-17(2)23(34)30(15-21(31)32)14-18-6-4-3-5-7-18/h3-7,10-12,17,21H,8-9,13-15H2,1-2H3,(H,29,35)/t17-,21+/m0/s1. The number of hydrogen-bond donors (Lipinski definition) is 1. The van der Waals surface area contributed by atoms with Gasteiger partial charge in [-0.1, -0.05) is 42.0 Å². The minimum atomic E-state index is -4.48. The van der Waals surface area contributed by atoms with Gasteiger partial charge in [0.05, 0.1) is 12.1 Å². The van der Waals surface area contributed by atoms with Crippen molar-refractivity contribution >= 4 is 17.8 Å². The Kier molecular flexibility index (Phi) is 6.73. The van der Waals surface area contributed by atoms with E-state index >= 15 is 0 Å². The monoisotopic (exact) mass is 488 g/mol. The maximum absolute atomic E-state index is 13.2. The zero-order valence-electron chi connectivity index (χ0n) is 19.5. The molecule has 0 radical (unpaired) electrons. The predicted octanol–water partition coefficient (Wildman–Crippen LogP) is 3.51. The van der Waals surface area contributed by atoms with Gasteiger partial charge in [0.2, 0.25) is 11.8 Å². The fraction of sp³-hybridized carbons (Fsp3) is 0.400. The SMILES string of the molecule is Cc1cc(CNC(=O)N2CCC(=O)N3[C@@H]2CN(Cc2ccccc2)C(=O)[C@@H]3C)cc(C(F)(F)F)c1. The van der Waals surface area contributed by atoms with Gasteiger partial charge in [-0.25, -0.2) is 4.79 Å². The van der Waals surface area contributed by atoms with Crippen molar-refractivity contribution in [2.45, 2.75) is 51.7 Å². The third kappa shape index (κ3) is 5.26. The molecule has 4 rings (SSSR count). The van der Waals surface area contributed by atoms with Crippen molar-refractivity contribution in [1.29, 1.82) is 0 Å². The van der Waals surface area contributed by atoms with E-state index in [1.807, 2.05) is 30.3 Å². The lowest BCUT2D eigenvalue weighted by Gasteiger charge is -2.51. The van der Waals surface area contributed by atoms with Gasteiger partial charge in [-0.15, -0.1) is 0 Å². The van der Waals surface area contributed by atoms with E-state index in [0.29, 0.717) is 17.7 Å². The van der Waals surface area contributed by atoms with Crippen LogP contribution in [0.25, 0.3) is 0 Å². The summed E-state index contributed by atoms with van der Waals surface area (Å²) in [4.78, 5) is 43.3. The van der Waals surface area contributed by atoms with Gasteiger partial charge in [0, 0.05) is 26.1 Å². The van der Waals surface area contributed by atoms with Crippen LogP contribution in [-0.4, -0.2) is 57.8 Å². The lowest BCUT2D eigenvalue weighted by molar-refractivity contribution is -0.166. The van der Waals surface area contributed by atoms with Crippen LogP contribution in [0, 0.1) is 6.92 Å². The highest BCUT2D eigenvalue weighted by molar-refractivity contribution is 5.90. The molecule has 35 heavy (non-hydrogen) atoms. The Bertz CT molecular complexity index is 1120. The Morgan fingerprint density at radius 3 is 2.49 bits per heavy atom. The third-order valence-corrected chi connectivity index (χ3v) is 6.39. The maximum atomic E-state index is 13.2. The summed E-state index contributed by atoms with van der Waals surface area (Å²) in [6.07, 6.45) is -5.06. The normalized spacial score (nSPS) is 20.7. The van der Waals surface area contributed by atoms with Gasteiger partial charge in [-0.2, -0.15) is 13.2 Å². The number of amides is 4. The summed E-state index contributed by atoms with van der Waals surface area (Å²) in [6, 6.07) is 11.9. The zero-order valence-corrected chi connectivity index (χ0v) is 19.5. The van der Waals surface area contributed by atoms with E-state index in [4.69, 9.17) is 0 Å². The smallest absolute Gasteiger partial charge is 0.334 e. The molecule has 2 aromatic carbocycles. The van der Waals surface area contributed by atoms with Gasteiger partial charge >= 0.3 is 12.2 Å². The number of nitrogens with zero attached hydrogens (tertiary/aromatic N) is 3. The van der Waals surface area contributed by atoms with E-state index in [2.05, 4.69) is 5.32 Å². The summed E-state index contributed by atoms with van der Waals surface area (Å²) < 4.78 is 39.5. The molecule has 0 aliphatic carbocycles. The molecule has 186 valence electrons. The first-order chi connectivity index (χ1) is 16.5. The van der Waals surface area contributed by atoms with Crippen molar-refractivity contribution in [3.05, 3.63) is 70.8 Å². The molecule has 0 unspecified atom stereocenters. The van der Waals surface area contributed by atoms with Gasteiger partial charge in [-0.3, -0.25) is 9.59 Å². The van der Waals surface area contributed by atoms with Crippen LogP contribution in [0.5, 0.6) is 0 Å². The van der Waals surface area contributed by atoms with Crippen molar-refractivity contribution in [3.8, 4) is 0 Å². The van der Waals surface area contributed by atoms with Gasteiger partial charge in [0.15, 0.2) is 0 Å². The van der Waals surface area contributed by atoms with Crippen LogP contribution in [0.2, 0.25) is 0 Å². The second-order valence-electron chi connectivity index (χ2n) is 8.97. The van der Waals surface area contributed by atoms with E-state index < -0.39 is 30.0 Å². The first-order valence-electron chi connectivity index (χ1n) is 11.4. The molecule has 2 aromatic rings. The number of carbonyl (C=O) groups excluding carboxylic acids is 3. The van der Waals surface area contributed by atoms with Gasteiger partial charge in [-0.05, 0) is 37.1 Å². The van der Waals surface area contributed by atoms with Gasteiger partial charge in [0.25, 0.3) is 0 Å². The number of halogens is 3. The molecule has 2 heterocycles. The molecule has 0 bridgehead atoms. The quantitative estimate of drug-likeness (QED) is 0.716. The largest absolute Gasteiger partial charge is 0.416 e. The Balaban J connectivity index is 1.50. The summed E-state index contributed by atoms with van der Waals surface area (Å²) in [6.45, 7) is 3.78. The Morgan fingerprint density at radius 2 is 1.80 bits per heavy atom. The summed E-state index contributed by atoms with van der Waals surface area (Å²) >= 11 is 0. The van der Waals surface area contributed by atoms with Gasteiger partial charge < -0.3 is 20.0 Å². The number of piperazine rings is 1. The number of benzene rings is 2. The average Bonchev–Trinajstić information content (AvgIpc) is 2.80. The van der Waals surface area contributed by atoms with E-state index in [1.54, 1.807) is 24.8 Å². The Morgan fingerprint density at radius 1 is 1.09 bits per heavy atom. The number of fused-ring (bicyclic) bond motifs is 1. The number of nitrogens with one attached hydrogen (secondary N) is 1. The molecule has 10 heteroatoms.